The van der Waals surface area contributed by atoms with E-state index in [1.165, 1.54) is 6.07 Å². The molecule has 3 rings (SSSR count). The first kappa shape index (κ1) is 18.2. The first-order valence-corrected chi connectivity index (χ1v) is 8.97. The van der Waals surface area contributed by atoms with E-state index >= 15 is 0 Å². The highest BCUT2D eigenvalue weighted by Gasteiger charge is 2.21. The molecule has 26 heavy (non-hydrogen) atoms. The van der Waals surface area contributed by atoms with Crippen LogP contribution in [0.2, 0.25) is 0 Å². The van der Waals surface area contributed by atoms with Crippen molar-refractivity contribution >= 4 is 5.91 Å². The number of hydrogen-bond acceptors (Lipinski definition) is 3. The summed E-state index contributed by atoms with van der Waals surface area (Å²) in [5, 5.41) is 3.03. The molecule has 1 amide bonds. The number of halogens is 1. The van der Waals surface area contributed by atoms with Crippen LogP contribution >= 0.6 is 0 Å². The van der Waals surface area contributed by atoms with Crippen LogP contribution in [0.15, 0.2) is 42.5 Å². The predicted molar refractivity (Wildman–Crippen MR) is 97.9 cm³/mol. The van der Waals surface area contributed by atoms with E-state index < -0.39 is 0 Å². The Morgan fingerprint density at radius 2 is 1.85 bits per heavy atom. The topological polar surface area (TPSA) is 47.6 Å². The Labute approximate surface area is 153 Å². The standard InChI is InChI=1S/C21H24FNO3/c1-14(2)21(23-20(24)13-15-6-3-4-7-17(15)22)16-8-9-18-19(12-16)26-11-5-10-25-18/h3-4,6-9,12,14,21H,5,10-11,13H2,1-2H3,(H,23,24). The maximum atomic E-state index is 13.8. The van der Waals surface area contributed by atoms with Crippen molar-refractivity contribution in [1.82, 2.24) is 5.32 Å². The number of amides is 1. The minimum absolute atomic E-state index is 0.0143. The van der Waals surface area contributed by atoms with Crippen molar-refractivity contribution in [3.05, 3.63) is 59.4 Å². The van der Waals surface area contributed by atoms with Crippen LogP contribution in [-0.4, -0.2) is 19.1 Å². The predicted octanol–water partition coefficient (Wildman–Crippen LogP) is 4.04. The molecule has 0 bridgehead atoms. The average Bonchev–Trinajstić information content (AvgIpc) is 2.86. The number of ether oxygens (including phenoxy) is 2. The second-order valence-electron chi connectivity index (χ2n) is 6.81. The fourth-order valence-electron chi connectivity index (χ4n) is 3.05. The Morgan fingerprint density at radius 3 is 2.58 bits per heavy atom. The van der Waals surface area contributed by atoms with E-state index in [0.717, 1.165) is 17.7 Å². The van der Waals surface area contributed by atoms with E-state index in [4.69, 9.17) is 9.47 Å². The van der Waals surface area contributed by atoms with Crippen molar-refractivity contribution in [2.45, 2.75) is 32.7 Å². The monoisotopic (exact) mass is 357 g/mol. The summed E-state index contributed by atoms with van der Waals surface area (Å²) in [6.07, 6.45) is 0.859. The summed E-state index contributed by atoms with van der Waals surface area (Å²) in [5.74, 6) is 1.03. The van der Waals surface area contributed by atoms with Gasteiger partial charge < -0.3 is 14.8 Å². The molecule has 138 valence electrons. The first-order chi connectivity index (χ1) is 12.5. The number of fused-ring (bicyclic) bond motifs is 1. The molecule has 0 radical (unpaired) electrons. The zero-order valence-electron chi connectivity index (χ0n) is 15.1. The van der Waals surface area contributed by atoms with Crippen LogP contribution in [0.4, 0.5) is 4.39 Å². The molecule has 1 aliphatic heterocycles. The van der Waals surface area contributed by atoms with Gasteiger partial charge >= 0.3 is 0 Å². The second-order valence-corrected chi connectivity index (χ2v) is 6.81. The molecule has 1 atom stereocenters. The van der Waals surface area contributed by atoms with Gasteiger partial charge in [-0.15, -0.1) is 0 Å². The zero-order chi connectivity index (χ0) is 18.5. The third-order valence-electron chi connectivity index (χ3n) is 4.42. The molecule has 0 saturated carbocycles. The lowest BCUT2D eigenvalue weighted by Crippen LogP contribution is -2.33. The highest BCUT2D eigenvalue weighted by atomic mass is 19.1. The van der Waals surface area contributed by atoms with Gasteiger partial charge in [-0.05, 0) is 35.2 Å². The normalized spacial score (nSPS) is 14.6. The maximum absolute atomic E-state index is 13.8. The third-order valence-corrected chi connectivity index (χ3v) is 4.42. The molecule has 0 aromatic heterocycles. The lowest BCUT2D eigenvalue weighted by Gasteiger charge is -2.24. The fourth-order valence-corrected chi connectivity index (χ4v) is 3.05. The molecule has 1 unspecified atom stereocenters. The van der Waals surface area contributed by atoms with E-state index in [0.29, 0.717) is 24.5 Å². The van der Waals surface area contributed by atoms with Gasteiger partial charge in [0.25, 0.3) is 0 Å². The highest BCUT2D eigenvalue weighted by Crippen LogP contribution is 2.34. The minimum atomic E-state index is -0.362. The van der Waals surface area contributed by atoms with Crippen LogP contribution in [0.1, 0.15) is 37.4 Å². The molecule has 0 fully saturated rings. The Kier molecular flexibility index (Phi) is 5.76. The third kappa shape index (κ3) is 4.34. The van der Waals surface area contributed by atoms with Crippen molar-refractivity contribution in [3.63, 3.8) is 0 Å². The lowest BCUT2D eigenvalue weighted by molar-refractivity contribution is -0.121. The Hall–Kier alpha value is -2.56. The van der Waals surface area contributed by atoms with Gasteiger partial charge in [-0.25, -0.2) is 4.39 Å². The zero-order valence-corrected chi connectivity index (χ0v) is 15.1. The van der Waals surface area contributed by atoms with Crippen LogP contribution in [0.5, 0.6) is 11.5 Å². The highest BCUT2D eigenvalue weighted by molar-refractivity contribution is 5.79. The summed E-state index contributed by atoms with van der Waals surface area (Å²) in [4.78, 5) is 12.5. The molecule has 1 N–H and O–H groups in total. The molecule has 2 aromatic rings. The van der Waals surface area contributed by atoms with E-state index in [1.807, 2.05) is 32.0 Å². The number of benzene rings is 2. The Bertz CT molecular complexity index is 776. The van der Waals surface area contributed by atoms with Gasteiger partial charge in [-0.1, -0.05) is 38.1 Å². The van der Waals surface area contributed by atoms with Crippen molar-refractivity contribution in [2.75, 3.05) is 13.2 Å². The summed E-state index contributed by atoms with van der Waals surface area (Å²) < 4.78 is 25.2. The molecule has 0 aliphatic carbocycles. The second kappa shape index (κ2) is 8.21. The van der Waals surface area contributed by atoms with Gasteiger partial charge in [0.05, 0.1) is 25.7 Å². The van der Waals surface area contributed by atoms with E-state index in [9.17, 15) is 9.18 Å². The molecule has 5 heteroatoms. The van der Waals surface area contributed by atoms with Gasteiger partial charge in [0, 0.05) is 6.42 Å². The molecule has 1 heterocycles. The molecular formula is C21H24FNO3. The number of carbonyl (C=O) groups is 1. The van der Waals surface area contributed by atoms with Gasteiger partial charge in [0.1, 0.15) is 5.82 Å². The van der Waals surface area contributed by atoms with Gasteiger partial charge in [0.2, 0.25) is 5.91 Å². The lowest BCUT2D eigenvalue weighted by atomic mass is 9.95. The van der Waals surface area contributed by atoms with Crippen LogP contribution in [0, 0.1) is 11.7 Å². The van der Waals surface area contributed by atoms with Crippen LogP contribution < -0.4 is 14.8 Å². The van der Waals surface area contributed by atoms with Gasteiger partial charge in [-0.3, -0.25) is 4.79 Å². The Balaban J connectivity index is 1.76. The van der Waals surface area contributed by atoms with Gasteiger partial charge in [-0.2, -0.15) is 0 Å². The maximum Gasteiger partial charge on any atom is 0.225 e. The summed E-state index contributed by atoms with van der Waals surface area (Å²) >= 11 is 0. The fraction of sp³-hybridized carbons (Fsp3) is 0.381. The molecule has 0 saturated heterocycles. The molecular weight excluding hydrogens is 333 g/mol. The number of rotatable bonds is 5. The van der Waals surface area contributed by atoms with Crippen molar-refractivity contribution in [1.29, 1.82) is 0 Å². The quantitative estimate of drug-likeness (QED) is 0.878. The van der Waals surface area contributed by atoms with E-state index in [2.05, 4.69) is 5.32 Å². The smallest absolute Gasteiger partial charge is 0.225 e. The van der Waals surface area contributed by atoms with Crippen molar-refractivity contribution < 1.29 is 18.7 Å². The average molecular weight is 357 g/mol. The number of carbonyl (C=O) groups excluding carboxylic acids is 1. The van der Waals surface area contributed by atoms with E-state index in [-0.39, 0.29) is 30.1 Å². The van der Waals surface area contributed by atoms with Crippen LogP contribution in [0.3, 0.4) is 0 Å². The summed E-state index contributed by atoms with van der Waals surface area (Å²) in [5.41, 5.74) is 1.34. The van der Waals surface area contributed by atoms with E-state index in [1.54, 1.807) is 18.2 Å². The SMILES string of the molecule is CC(C)C(NC(=O)Cc1ccccc1F)c1ccc2c(c1)OCCCO2. The first-order valence-electron chi connectivity index (χ1n) is 8.97. The summed E-state index contributed by atoms with van der Waals surface area (Å²) in [6.45, 7) is 5.33. The summed E-state index contributed by atoms with van der Waals surface area (Å²) in [6, 6.07) is 11.9. The molecule has 4 nitrogen and oxygen atoms in total. The molecule has 2 aromatic carbocycles. The number of nitrogens with one attached hydrogen (secondary N) is 1. The molecule has 1 aliphatic rings. The van der Waals surface area contributed by atoms with Crippen molar-refractivity contribution in [3.8, 4) is 11.5 Å². The largest absolute Gasteiger partial charge is 0.490 e. The van der Waals surface area contributed by atoms with Crippen LogP contribution in [-0.2, 0) is 11.2 Å². The molecule has 0 spiro atoms. The number of hydrogen-bond donors (Lipinski definition) is 1. The Morgan fingerprint density at radius 1 is 1.12 bits per heavy atom. The summed E-state index contributed by atoms with van der Waals surface area (Å²) in [7, 11) is 0. The van der Waals surface area contributed by atoms with Gasteiger partial charge in [0.15, 0.2) is 11.5 Å². The minimum Gasteiger partial charge on any atom is -0.490 e. The van der Waals surface area contributed by atoms with Crippen LogP contribution in [0.25, 0.3) is 0 Å². The van der Waals surface area contributed by atoms with Crippen molar-refractivity contribution in [2.24, 2.45) is 5.92 Å².